The van der Waals surface area contributed by atoms with Crippen molar-refractivity contribution in [3.63, 3.8) is 0 Å². The molecular weight excluding hydrogens is 340 g/mol. The SMILES string of the molecule is CCOc1cc(/C=N/NC(=O)c2ccc(Br)o2)ccc1O. The Labute approximate surface area is 129 Å². The van der Waals surface area contributed by atoms with Crippen LogP contribution >= 0.6 is 15.9 Å². The molecule has 2 N–H and O–H groups in total. The van der Waals surface area contributed by atoms with E-state index in [0.29, 0.717) is 22.6 Å². The first kappa shape index (κ1) is 15.1. The van der Waals surface area contributed by atoms with Crippen LogP contribution in [0.4, 0.5) is 0 Å². The van der Waals surface area contributed by atoms with Crippen molar-refractivity contribution in [1.29, 1.82) is 0 Å². The molecule has 0 aliphatic heterocycles. The minimum Gasteiger partial charge on any atom is -0.504 e. The van der Waals surface area contributed by atoms with Gasteiger partial charge in [-0.25, -0.2) is 5.43 Å². The number of carbonyl (C=O) groups is 1. The van der Waals surface area contributed by atoms with Crippen molar-refractivity contribution in [2.45, 2.75) is 6.92 Å². The normalized spacial score (nSPS) is 10.8. The number of hydrogen-bond acceptors (Lipinski definition) is 5. The van der Waals surface area contributed by atoms with E-state index in [1.165, 1.54) is 18.3 Å². The molecule has 1 aromatic heterocycles. The lowest BCUT2D eigenvalue weighted by atomic mass is 10.2. The Morgan fingerprint density at radius 2 is 2.29 bits per heavy atom. The fraction of sp³-hybridized carbons (Fsp3) is 0.143. The second-order valence-corrected chi connectivity index (χ2v) is 4.74. The van der Waals surface area contributed by atoms with Crippen LogP contribution in [-0.2, 0) is 0 Å². The lowest BCUT2D eigenvalue weighted by molar-refractivity contribution is 0.0926. The van der Waals surface area contributed by atoms with Gasteiger partial charge in [-0.3, -0.25) is 4.79 Å². The molecule has 0 saturated carbocycles. The summed E-state index contributed by atoms with van der Waals surface area (Å²) < 4.78 is 10.8. The number of phenols is 1. The molecule has 2 rings (SSSR count). The predicted octanol–water partition coefficient (Wildman–Crippen LogP) is 2.91. The number of aromatic hydroxyl groups is 1. The highest BCUT2D eigenvalue weighted by Gasteiger charge is 2.08. The predicted molar refractivity (Wildman–Crippen MR) is 80.7 cm³/mol. The van der Waals surface area contributed by atoms with Gasteiger partial charge >= 0.3 is 5.91 Å². The van der Waals surface area contributed by atoms with Crippen molar-refractivity contribution in [3.8, 4) is 11.5 Å². The molecule has 0 aliphatic rings. The molecular formula is C14H13BrN2O4. The number of carbonyl (C=O) groups excluding carboxylic acids is 1. The summed E-state index contributed by atoms with van der Waals surface area (Å²) in [7, 11) is 0. The summed E-state index contributed by atoms with van der Waals surface area (Å²) in [6, 6.07) is 7.92. The first-order valence-corrected chi connectivity index (χ1v) is 6.94. The highest BCUT2D eigenvalue weighted by Crippen LogP contribution is 2.26. The van der Waals surface area contributed by atoms with E-state index >= 15 is 0 Å². The maximum absolute atomic E-state index is 11.7. The number of ether oxygens (including phenoxy) is 1. The van der Waals surface area contributed by atoms with Crippen molar-refractivity contribution in [3.05, 3.63) is 46.3 Å². The number of nitrogens with one attached hydrogen (secondary N) is 1. The van der Waals surface area contributed by atoms with Gasteiger partial charge in [0.1, 0.15) is 0 Å². The first-order valence-electron chi connectivity index (χ1n) is 6.14. The molecule has 7 heteroatoms. The Kier molecular flexibility index (Phi) is 4.99. The van der Waals surface area contributed by atoms with Crippen LogP contribution in [0.15, 0.2) is 44.5 Å². The average molecular weight is 353 g/mol. The Hall–Kier alpha value is -2.28. The van der Waals surface area contributed by atoms with Gasteiger partial charge in [-0.05, 0) is 58.7 Å². The standard InChI is InChI=1S/C14H13BrN2O4/c1-2-20-12-7-9(3-4-10(12)18)8-16-17-14(19)11-5-6-13(15)21-11/h3-8,18H,2H2,1H3,(H,17,19)/b16-8+. The maximum atomic E-state index is 11.7. The van der Waals surface area contributed by atoms with Gasteiger partial charge in [0.25, 0.3) is 0 Å². The Morgan fingerprint density at radius 3 is 2.95 bits per heavy atom. The molecule has 0 spiro atoms. The molecule has 21 heavy (non-hydrogen) atoms. The van der Waals surface area contributed by atoms with Crippen LogP contribution in [0.5, 0.6) is 11.5 Å². The summed E-state index contributed by atoms with van der Waals surface area (Å²) >= 11 is 3.11. The van der Waals surface area contributed by atoms with Gasteiger partial charge in [-0.15, -0.1) is 0 Å². The number of furan rings is 1. The third-order valence-electron chi connectivity index (χ3n) is 2.46. The van der Waals surface area contributed by atoms with Crippen molar-refractivity contribution < 1.29 is 19.1 Å². The minimum absolute atomic E-state index is 0.0541. The van der Waals surface area contributed by atoms with Gasteiger partial charge < -0.3 is 14.3 Å². The van der Waals surface area contributed by atoms with E-state index < -0.39 is 5.91 Å². The third-order valence-corrected chi connectivity index (χ3v) is 2.89. The van der Waals surface area contributed by atoms with E-state index in [9.17, 15) is 9.90 Å². The maximum Gasteiger partial charge on any atom is 0.307 e. The lowest BCUT2D eigenvalue weighted by Gasteiger charge is -2.05. The summed E-state index contributed by atoms with van der Waals surface area (Å²) in [6.07, 6.45) is 1.44. The zero-order valence-corrected chi connectivity index (χ0v) is 12.8. The summed E-state index contributed by atoms with van der Waals surface area (Å²) in [5, 5.41) is 13.4. The monoisotopic (exact) mass is 352 g/mol. The van der Waals surface area contributed by atoms with E-state index in [1.807, 2.05) is 6.92 Å². The molecule has 110 valence electrons. The zero-order valence-electron chi connectivity index (χ0n) is 11.2. The molecule has 2 aromatic rings. The number of benzene rings is 1. The van der Waals surface area contributed by atoms with Gasteiger partial charge in [0.2, 0.25) is 0 Å². The van der Waals surface area contributed by atoms with E-state index in [2.05, 4.69) is 26.5 Å². The molecule has 1 aromatic carbocycles. The summed E-state index contributed by atoms with van der Waals surface area (Å²) in [6.45, 7) is 2.26. The summed E-state index contributed by atoms with van der Waals surface area (Å²) in [5.41, 5.74) is 3.02. The minimum atomic E-state index is -0.458. The van der Waals surface area contributed by atoms with Gasteiger partial charge in [0.05, 0.1) is 12.8 Å². The molecule has 0 fully saturated rings. The highest BCUT2D eigenvalue weighted by molar-refractivity contribution is 9.10. The number of hydrogen-bond donors (Lipinski definition) is 2. The first-order chi connectivity index (χ1) is 10.1. The van der Waals surface area contributed by atoms with Crippen molar-refractivity contribution >= 4 is 28.1 Å². The van der Waals surface area contributed by atoms with E-state index in [0.717, 1.165) is 0 Å². The van der Waals surface area contributed by atoms with Crippen LogP contribution in [0.2, 0.25) is 0 Å². The van der Waals surface area contributed by atoms with Crippen LogP contribution < -0.4 is 10.2 Å². The molecule has 6 nitrogen and oxygen atoms in total. The van der Waals surface area contributed by atoms with E-state index in [1.54, 1.807) is 18.2 Å². The van der Waals surface area contributed by atoms with Crippen molar-refractivity contribution in [1.82, 2.24) is 5.43 Å². The summed E-state index contributed by atoms with van der Waals surface area (Å²) in [4.78, 5) is 11.7. The second kappa shape index (κ2) is 6.94. The Morgan fingerprint density at radius 1 is 1.48 bits per heavy atom. The van der Waals surface area contributed by atoms with Gasteiger partial charge in [0, 0.05) is 0 Å². The second-order valence-electron chi connectivity index (χ2n) is 3.96. The molecule has 0 atom stereocenters. The van der Waals surface area contributed by atoms with Crippen molar-refractivity contribution in [2.75, 3.05) is 6.61 Å². The average Bonchev–Trinajstić information content (AvgIpc) is 2.89. The quantitative estimate of drug-likeness (QED) is 0.640. The van der Waals surface area contributed by atoms with E-state index in [4.69, 9.17) is 9.15 Å². The Balaban J connectivity index is 2.01. The molecule has 0 aliphatic carbocycles. The number of rotatable bonds is 5. The molecule has 0 radical (unpaired) electrons. The smallest absolute Gasteiger partial charge is 0.307 e. The number of halogens is 1. The van der Waals surface area contributed by atoms with Crippen LogP contribution in [0.3, 0.4) is 0 Å². The summed E-state index contributed by atoms with van der Waals surface area (Å²) in [5.74, 6) is 0.113. The molecule has 0 bridgehead atoms. The van der Waals surface area contributed by atoms with Gasteiger partial charge in [-0.2, -0.15) is 5.10 Å². The number of nitrogens with zero attached hydrogens (tertiary/aromatic N) is 1. The number of hydrazone groups is 1. The zero-order chi connectivity index (χ0) is 15.2. The van der Waals surface area contributed by atoms with E-state index in [-0.39, 0.29) is 11.5 Å². The molecule has 1 amide bonds. The highest BCUT2D eigenvalue weighted by atomic mass is 79.9. The number of amides is 1. The Bertz CT molecular complexity index is 667. The van der Waals surface area contributed by atoms with Crippen LogP contribution in [-0.4, -0.2) is 23.8 Å². The molecule has 0 saturated heterocycles. The van der Waals surface area contributed by atoms with Gasteiger partial charge in [0.15, 0.2) is 21.9 Å². The van der Waals surface area contributed by atoms with Gasteiger partial charge in [-0.1, -0.05) is 0 Å². The third kappa shape index (κ3) is 4.09. The van der Waals surface area contributed by atoms with Crippen LogP contribution in [0.25, 0.3) is 0 Å². The topological polar surface area (TPSA) is 84.1 Å². The fourth-order valence-electron chi connectivity index (χ4n) is 1.54. The lowest BCUT2D eigenvalue weighted by Crippen LogP contribution is -2.16. The molecule has 1 heterocycles. The largest absolute Gasteiger partial charge is 0.504 e. The number of phenolic OH excluding ortho intramolecular Hbond substituents is 1. The van der Waals surface area contributed by atoms with Crippen LogP contribution in [0, 0.1) is 0 Å². The molecule has 0 unspecified atom stereocenters. The fourth-order valence-corrected chi connectivity index (χ4v) is 1.85. The van der Waals surface area contributed by atoms with Crippen LogP contribution in [0.1, 0.15) is 23.0 Å². The van der Waals surface area contributed by atoms with Crippen molar-refractivity contribution in [2.24, 2.45) is 5.10 Å².